The van der Waals surface area contributed by atoms with Gasteiger partial charge < -0.3 is 14.7 Å². The largest absolute Gasteiger partial charge is 0.491 e. The third-order valence-corrected chi connectivity index (χ3v) is 4.41. The Balaban J connectivity index is 0.000000924. The van der Waals surface area contributed by atoms with Crippen molar-refractivity contribution in [2.75, 3.05) is 25.2 Å². The second-order valence-electron chi connectivity index (χ2n) is 5.39. The van der Waals surface area contributed by atoms with Gasteiger partial charge in [-0.3, -0.25) is 14.6 Å². The highest BCUT2D eigenvalue weighted by molar-refractivity contribution is 5.97. The van der Waals surface area contributed by atoms with Crippen molar-refractivity contribution in [3.63, 3.8) is 0 Å². The standard InChI is InChI=1S/C14H19N3O4.C2H6/c1-5-15-8(3)16-6-9(18)10-7(2)12(19)13(21-4)11(14(15)20)17(10)16;1-2/h8-9,18H,5-6H2,1-4H3;1-2H3. The Morgan fingerprint density at radius 2 is 1.91 bits per heavy atom. The molecule has 7 nitrogen and oxygen atoms in total. The van der Waals surface area contributed by atoms with Crippen molar-refractivity contribution in [1.82, 2.24) is 9.58 Å². The number of pyridine rings is 1. The summed E-state index contributed by atoms with van der Waals surface area (Å²) in [5.74, 6) is -0.198. The molecule has 0 radical (unpaired) electrons. The number of hydrogen-bond acceptors (Lipinski definition) is 5. The number of aliphatic hydroxyl groups excluding tert-OH is 1. The van der Waals surface area contributed by atoms with Crippen molar-refractivity contribution in [2.24, 2.45) is 0 Å². The minimum atomic E-state index is -0.783. The molecule has 2 aliphatic rings. The lowest BCUT2D eigenvalue weighted by Crippen LogP contribution is -2.58. The van der Waals surface area contributed by atoms with Gasteiger partial charge in [0.25, 0.3) is 5.91 Å². The van der Waals surface area contributed by atoms with Gasteiger partial charge in [0, 0.05) is 12.1 Å². The first-order valence-corrected chi connectivity index (χ1v) is 8.03. The van der Waals surface area contributed by atoms with Gasteiger partial charge in [-0.15, -0.1) is 0 Å². The number of ether oxygens (including phenoxy) is 1. The minimum absolute atomic E-state index is 0.0469. The first-order chi connectivity index (χ1) is 10.9. The molecule has 1 N–H and O–H groups in total. The quantitative estimate of drug-likeness (QED) is 0.879. The zero-order valence-corrected chi connectivity index (χ0v) is 14.6. The van der Waals surface area contributed by atoms with Crippen LogP contribution in [0.2, 0.25) is 0 Å². The van der Waals surface area contributed by atoms with E-state index in [1.54, 1.807) is 16.5 Å². The van der Waals surface area contributed by atoms with Crippen LogP contribution in [0.25, 0.3) is 0 Å². The molecule has 0 aromatic carbocycles. The molecule has 0 bridgehead atoms. The summed E-state index contributed by atoms with van der Waals surface area (Å²) in [4.78, 5) is 26.8. The number of aliphatic hydroxyl groups is 1. The Labute approximate surface area is 136 Å². The lowest BCUT2D eigenvalue weighted by Gasteiger charge is -2.42. The highest BCUT2D eigenvalue weighted by atomic mass is 16.5. The Hall–Kier alpha value is -2.02. The number of aromatic nitrogens is 1. The zero-order chi connectivity index (χ0) is 17.5. The van der Waals surface area contributed by atoms with E-state index in [-0.39, 0.29) is 28.9 Å². The van der Waals surface area contributed by atoms with E-state index >= 15 is 0 Å². The van der Waals surface area contributed by atoms with Gasteiger partial charge in [-0.25, -0.2) is 4.68 Å². The second-order valence-corrected chi connectivity index (χ2v) is 5.39. The zero-order valence-electron chi connectivity index (χ0n) is 14.6. The van der Waals surface area contributed by atoms with Crippen molar-refractivity contribution < 1.29 is 14.6 Å². The normalized spacial score (nSPS) is 21.8. The Bertz CT molecular complexity index is 683. The SMILES string of the molecule is CC.CCN1C(=O)c2c(OC)c(=O)c(C)c3n2N(CC3O)C1C. The summed E-state index contributed by atoms with van der Waals surface area (Å²) < 4.78 is 6.87. The molecule has 0 saturated heterocycles. The summed E-state index contributed by atoms with van der Waals surface area (Å²) >= 11 is 0. The van der Waals surface area contributed by atoms with Crippen LogP contribution in [0.1, 0.15) is 55.5 Å². The number of methoxy groups -OCH3 is 1. The van der Waals surface area contributed by atoms with Crippen molar-refractivity contribution in [3.8, 4) is 5.75 Å². The molecule has 2 atom stereocenters. The highest BCUT2D eigenvalue weighted by Crippen LogP contribution is 2.34. The predicted molar refractivity (Wildman–Crippen MR) is 87.6 cm³/mol. The van der Waals surface area contributed by atoms with E-state index in [0.717, 1.165) is 0 Å². The number of nitrogens with zero attached hydrogens (tertiary/aromatic N) is 3. The van der Waals surface area contributed by atoms with Gasteiger partial charge in [-0.05, 0) is 20.8 Å². The molecule has 7 heteroatoms. The molecule has 3 heterocycles. The monoisotopic (exact) mass is 323 g/mol. The summed E-state index contributed by atoms with van der Waals surface area (Å²) in [6, 6.07) is 0. The van der Waals surface area contributed by atoms with Crippen LogP contribution in [-0.2, 0) is 0 Å². The molecule has 3 rings (SSSR count). The molecule has 1 aromatic heterocycles. The lowest BCUT2D eigenvalue weighted by atomic mass is 10.1. The lowest BCUT2D eigenvalue weighted by molar-refractivity contribution is 0.0607. The average molecular weight is 323 g/mol. The number of amides is 1. The van der Waals surface area contributed by atoms with Crippen LogP contribution in [0.4, 0.5) is 0 Å². The van der Waals surface area contributed by atoms with E-state index in [9.17, 15) is 14.7 Å². The fraction of sp³-hybridized carbons (Fsp3) is 0.625. The van der Waals surface area contributed by atoms with E-state index in [2.05, 4.69) is 0 Å². The van der Waals surface area contributed by atoms with Gasteiger partial charge in [-0.2, -0.15) is 0 Å². The van der Waals surface area contributed by atoms with E-state index in [0.29, 0.717) is 24.3 Å². The maximum atomic E-state index is 12.7. The summed E-state index contributed by atoms with van der Waals surface area (Å²) in [5.41, 5.74) is 0.792. The van der Waals surface area contributed by atoms with Gasteiger partial charge in [-0.1, -0.05) is 13.8 Å². The number of carbonyl (C=O) groups excluding carboxylic acids is 1. The Kier molecular flexibility index (Phi) is 4.70. The maximum Gasteiger partial charge on any atom is 0.278 e. The molecule has 0 saturated carbocycles. The first-order valence-electron chi connectivity index (χ1n) is 8.03. The molecule has 2 unspecified atom stereocenters. The smallest absolute Gasteiger partial charge is 0.278 e. The highest BCUT2D eigenvalue weighted by Gasteiger charge is 2.44. The topological polar surface area (TPSA) is 75.0 Å². The van der Waals surface area contributed by atoms with Gasteiger partial charge in [0.2, 0.25) is 5.43 Å². The van der Waals surface area contributed by atoms with Crippen LogP contribution < -0.4 is 15.2 Å². The molecule has 1 aromatic rings. The molecule has 0 fully saturated rings. The summed E-state index contributed by atoms with van der Waals surface area (Å²) in [6.45, 7) is 10.3. The Morgan fingerprint density at radius 3 is 2.43 bits per heavy atom. The van der Waals surface area contributed by atoms with E-state index in [1.165, 1.54) is 7.11 Å². The fourth-order valence-electron chi connectivity index (χ4n) is 3.34. The summed E-state index contributed by atoms with van der Waals surface area (Å²) in [7, 11) is 1.39. The average Bonchev–Trinajstić information content (AvgIpc) is 2.89. The van der Waals surface area contributed by atoms with Crippen LogP contribution in [-0.4, -0.2) is 47.0 Å². The summed E-state index contributed by atoms with van der Waals surface area (Å²) in [5, 5.41) is 12.2. The van der Waals surface area contributed by atoms with Crippen LogP contribution in [0.15, 0.2) is 4.79 Å². The van der Waals surface area contributed by atoms with Crippen LogP contribution >= 0.6 is 0 Å². The van der Waals surface area contributed by atoms with Gasteiger partial charge in [0.1, 0.15) is 12.3 Å². The molecule has 0 spiro atoms. The number of rotatable bonds is 2. The molecule has 0 aliphatic carbocycles. The van der Waals surface area contributed by atoms with Gasteiger partial charge in [0.05, 0.1) is 19.3 Å². The minimum Gasteiger partial charge on any atom is -0.491 e. The van der Waals surface area contributed by atoms with Crippen molar-refractivity contribution in [1.29, 1.82) is 0 Å². The van der Waals surface area contributed by atoms with Gasteiger partial charge >= 0.3 is 0 Å². The predicted octanol–water partition coefficient (Wildman–Crippen LogP) is 0.998. The third kappa shape index (κ3) is 2.22. The first kappa shape index (κ1) is 17.3. The fourth-order valence-corrected chi connectivity index (χ4v) is 3.34. The van der Waals surface area contributed by atoms with Crippen LogP contribution in [0.5, 0.6) is 5.75 Å². The van der Waals surface area contributed by atoms with Crippen molar-refractivity contribution in [3.05, 3.63) is 27.2 Å². The maximum absolute atomic E-state index is 12.7. The number of hydrogen-bond donors (Lipinski definition) is 1. The molecule has 128 valence electrons. The molecular formula is C16H25N3O4. The van der Waals surface area contributed by atoms with Crippen molar-refractivity contribution >= 4 is 5.91 Å². The second kappa shape index (κ2) is 6.23. The third-order valence-electron chi connectivity index (χ3n) is 4.41. The van der Waals surface area contributed by atoms with Gasteiger partial charge in [0.15, 0.2) is 11.4 Å². The number of carbonyl (C=O) groups is 1. The van der Waals surface area contributed by atoms with Crippen molar-refractivity contribution in [2.45, 2.75) is 46.9 Å². The molecule has 23 heavy (non-hydrogen) atoms. The summed E-state index contributed by atoms with van der Waals surface area (Å²) in [6.07, 6.45) is -0.966. The van der Waals surface area contributed by atoms with E-state index < -0.39 is 6.10 Å². The molecule has 1 amide bonds. The molecule has 2 aliphatic heterocycles. The van der Waals surface area contributed by atoms with E-state index in [1.807, 2.05) is 32.7 Å². The van der Waals surface area contributed by atoms with Crippen LogP contribution in [0.3, 0.4) is 0 Å². The van der Waals surface area contributed by atoms with Crippen LogP contribution in [0, 0.1) is 6.92 Å². The van der Waals surface area contributed by atoms with E-state index in [4.69, 9.17) is 4.74 Å². The Morgan fingerprint density at radius 1 is 1.30 bits per heavy atom. The molecular weight excluding hydrogens is 298 g/mol.